The Balaban J connectivity index is 1.88. The van der Waals surface area contributed by atoms with Gasteiger partial charge in [-0.1, -0.05) is 6.07 Å². The Bertz CT molecular complexity index is 758. The van der Waals surface area contributed by atoms with Crippen molar-refractivity contribution in [3.05, 3.63) is 29.8 Å². The molecule has 1 N–H and O–H groups in total. The first kappa shape index (κ1) is 21.3. The van der Waals surface area contributed by atoms with Crippen molar-refractivity contribution in [1.29, 1.82) is 0 Å². The third-order valence-electron chi connectivity index (χ3n) is 4.30. The summed E-state index contributed by atoms with van der Waals surface area (Å²) in [5, 5.41) is 3.14. The number of guanidine groups is 1. The molecule has 1 aliphatic rings. The molecule has 0 saturated carbocycles. The second kappa shape index (κ2) is 8.81. The highest BCUT2D eigenvalue weighted by Gasteiger charge is 2.31. The lowest BCUT2D eigenvalue weighted by molar-refractivity contribution is -0.137. The van der Waals surface area contributed by atoms with E-state index in [1.165, 1.54) is 18.4 Å². The molecule has 27 heavy (non-hydrogen) atoms. The predicted octanol–water partition coefficient (Wildman–Crippen LogP) is 1.84. The maximum absolute atomic E-state index is 12.9. The second-order valence-corrected chi connectivity index (χ2v) is 8.74. The fraction of sp³-hybridized carbons (Fsp3) is 0.588. The van der Waals surface area contributed by atoms with Crippen molar-refractivity contribution in [2.24, 2.45) is 4.99 Å². The van der Waals surface area contributed by atoms with E-state index in [0.29, 0.717) is 50.8 Å². The summed E-state index contributed by atoms with van der Waals surface area (Å²) in [6.07, 6.45) is -2.66. The average molecular weight is 406 g/mol. The van der Waals surface area contributed by atoms with Crippen LogP contribution in [-0.4, -0.2) is 71.1 Å². The van der Waals surface area contributed by atoms with E-state index in [4.69, 9.17) is 0 Å². The molecule has 1 saturated heterocycles. The van der Waals surface area contributed by atoms with Crippen LogP contribution >= 0.6 is 0 Å². The highest BCUT2D eigenvalue weighted by molar-refractivity contribution is 7.90. The van der Waals surface area contributed by atoms with E-state index < -0.39 is 21.6 Å². The summed E-state index contributed by atoms with van der Waals surface area (Å²) < 4.78 is 61.0. The van der Waals surface area contributed by atoms with Crippen LogP contribution in [0.4, 0.5) is 18.9 Å². The quantitative estimate of drug-likeness (QED) is 0.459. The zero-order chi connectivity index (χ0) is 20.1. The molecule has 2 rings (SSSR count). The number of sulfone groups is 1. The molecule has 10 heteroatoms. The normalized spacial score (nSPS) is 16.6. The number of rotatable bonds is 5. The number of alkyl halides is 3. The predicted molar refractivity (Wildman–Crippen MR) is 101 cm³/mol. The van der Waals surface area contributed by atoms with Gasteiger partial charge in [-0.25, -0.2) is 8.42 Å². The van der Waals surface area contributed by atoms with Gasteiger partial charge in [-0.2, -0.15) is 13.2 Å². The zero-order valence-electron chi connectivity index (χ0n) is 15.5. The highest BCUT2D eigenvalue weighted by atomic mass is 32.2. The maximum Gasteiger partial charge on any atom is 0.416 e. The van der Waals surface area contributed by atoms with Crippen molar-refractivity contribution in [2.45, 2.75) is 12.6 Å². The molecule has 152 valence electrons. The molecule has 1 fully saturated rings. The van der Waals surface area contributed by atoms with Gasteiger partial charge in [0.25, 0.3) is 0 Å². The smallest absolute Gasteiger partial charge is 0.368 e. The molecule has 0 radical (unpaired) electrons. The van der Waals surface area contributed by atoms with Gasteiger partial charge in [0.05, 0.1) is 11.3 Å². The Morgan fingerprint density at radius 2 is 1.89 bits per heavy atom. The number of aliphatic imine (C=N–C) groups is 1. The van der Waals surface area contributed by atoms with Gasteiger partial charge in [-0.3, -0.25) is 4.99 Å². The SMILES string of the molecule is CN=C(NCCCS(C)(=O)=O)N1CCN(c2cccc(C(F)(F)F)c2)CC1. The van der Waals surface area contributed by atoms with Gasteiger partial charge >= 0.3 is 6.18 Å². The molecular weight excluding hydrogens is 381 g/mol. The number of hydrogen-bond acceptors (Lipinski definition) is 4. The van der Waals surface area contributed by atoms with Crippen LogP contribution in [0.25, 0.3) is 0 Å². The summed E-state index contributed by atoms with van der Waals surface area (Å²) in [5.74, 6) is 0.785. The molecular formula is C17H25F3N4O2S. The maximum atomic E-state index is 12.9. The number of piperazine rings is 1. The Morgan fingerprint density at radius 3 is 2.44 bits per heavy atom. The van der Waals surface area contributed by atoms with Crippen molar-refractivity contribution in [3.8, 4) is 0 Å². The highest BCUT2D eigenvalue weighted by Crippen LogP contribution is 2.31. The summed E-state index contributed by atoms with van der Waals surface area (Å²) >= 11 is 0. The molecule has 0 spiro atoms. The van der Waals surface area contributed by atoms with Gasteiger partial charge < -0.3 is 15.1 Å². The van der Waals surface area contributed by atoms with Crippen molar-refractivity contribution in [2.75, 3.05) is 56.7 Å². The van der Waals surface area contributed by atoms with E-state index in [9.17, 15) is 21.6 Å². The number of nitrogens with one attached hydrogen (secondary N) is 1. The molecule has 1 heterocycles. The Labute approximate surface area is 158 Å². The van der Waals surface area contributed by atoms with Crippen molar-refractivity contribution >= 4 is 21.5 Å². The Morgan fingerprint density at radius 1 is 1.22 bits per heavy atom. The number of hydrogen-bond donors (Lipinski definition) is 1. The lowest BCUT2D eigenvalue weighted by Gasteiger charge is -2.37. The van der Waals surface area contributed by atoms with Gasteiger partial charge in [0.15, 0.2) is 5.96 Å². The summed E-state index contributed by atoms with van der Waals surface area (Å²) in [6.45, 7) is 2.87. The van der Waals surface area contributed by atoms with Crippen molar-refractivity contribution < 1.29 is 21.6 Å². The van der Waals surface area contributed by atoms with Gasteiger partial charge in [-0.15, -0.1) is 0 Å². The molecule has 6 nitrogen and oxygen atoms in total. The molecule has 0 unspecified atom stereocenters. The molecule has 0 bridgehead atoms. The summed E-state index contributed by atoms with van der Waals surface area (Å²) in [7, 11) is -1.34. The van der Waals surface area contributed by atoms with Gasteiger partial charge in [0.2, 0.25) is 0 Å². The van der Waals surface area contributed by atoms with E-state index in [2.05, 4.69) is 10.3 Å². The fourth-order valence-electron chi connectivity index (χ4n) is 2.92. The third kappa shape index (κ3) is 6.60. The molecule has 1 aliphatic heterocycles. The van der Waals surface area contributed by atoms with Crippen LogP contribution in [0.1, 0.15) is 12.0 Å². The zero-order valence-corrected chi connectivity index (χ0v) is 16.3. The van der Waals surface area contributed by atoms with Crippen molar-refractivity contribution in [1.82, 2.24) is 10.2 Å². The fourth-order valence-corrected chi connectivity index (χ4v) is 3.59. The van der Waals surface area contributed by atoms with E-state index >= 15 is 0 Å². The number of nitrogens with zero attached hydrogens (tertiary/aromatic N) is 3. The monoisotopic (exact) mass is 406 g/mol. The van der Waals surface area contributed by atoms with Crippen LogP contribution in [0.2, 0.25) is 0 Å². The van der Waals surface area contributed by atoms with E-state index in [1.54, 1.807) is 13.1 Å². The van der Waals surface area contributed by atoms with Gasteiger partial charge in [-0.05, 0) is 24.6 Å². The minimum Gasteiger partial charge on any atom is -0.368 e. The van der Waals surface area contributed by atoms with E-state index in [0.717, 1.165) is 6.07 Å². The van der Waals surface area contributed by atoms with Crippen molar-refractivity contribution in [3.63, 3.8) is 0 Å². The lowest BCUT2D eigenvalue weighted by atomic mass is 10.1. The Hall–Kier alpha value is -1.97. The minimum absolute atomic E-state index is 0.111. The number of halogens is 3. The van der Waals surface area contributed by atoms with Crippen LogP contribution < -0.4 is 10.2 Å². The molecule has 1 aromatic rings. The summed E-state index contributed by atoms with van der Waals surface area (Å²) in [4.78, 5) is 8.14. The van der Waals surface area contributed by atoms with Crippen LogP contribution in [0.5, 0.6) is 0 Å². The molecule has 0 atom stereocenters. The van der Waals surface area contributed by atoms with Gasteiger partial charge in [0, 0.05) is 51.7 Å². The topological polar surface area (TPSA) is 65.0 Å². The summed E-state index contributed by atoms with van der Waals surface area (Å²) in [6, 6.07) is 5.35. The van der Waals surface area contributed by atoms with Crippen LogP contribution in [0.15, 0.2) is 29.3 Å². The minimum atomic E-state index is -4.35. The van der Waals surface area contributed by atoms with Crippen LogP contribution in [-0.2, 0) is 16.0 Å². The second-order valence-electron chi connectivity index (χ2n) is 6.48. The standard InChI is InChI=1S/C17H25F3N4O2S/c1-21-16(22-7-4-12-27(2,25)26)24-10-8-23(9-11-24)15-6-3-5-14(13-15)17(18,19)20/h3,5-6,13H,4,7-12H2,1-2H3,(H,21,22). The first-order valence-corrected chi connectivity index (χ1v) is 10.7. The van der Waals surface area contributed by atoms with E-state index in [1.807, 2.05) is 9.80 Å². The first-order valence-electron chi connectivity index (χ1n) is 8.66. The number of benzene rings is 1. The lowest BCUT2D eigenvalue weighted by Crippen LogP contribution is -2.52. The van der Waals surface area contributed by atoms with E-state index in [-0.39, 0.29) is 5.75 Å². The molecule has 0 aliphatic carbocycles. The van der Waals surface area contributed by atoms with Gasteiger partial charge in [0.1, 0.15) is 9.84 Å². The average Bonchev–Trinajstić information content (AvgIpc) is 2.61. The van der Waals surface area contributed by atoms with Crippen LogP contribution in [0, 0.1) is 0 Å². The number of anilines is 1. The molecule has 0 amide bonds. The van der Waals surface area contributed by atoms with Crippen LogP contribution in [0.3, 0.4) is 0 Å². The Kier molecular flexibility index (Phi) is 6.96. The first-order chi connectivity index (χ1) is 12.6. The summed E-state index contributed by atoms with van der Waals surface area (Å²) in [5.41, 5.74) is -0.0913. The largest absolute Gasteiger partial charge is 0.416 e. The molecule has 1 aromatic carbocycles. The third-order valence-corrected chi connectivity index (χ3v) is 5.33. The molecule has 0 aromatic heterocycles.